The third-order valence-corrected chi connectivity index (χ3v) is 4.21. The molecule has 5 heteroatoms. The van der Waals surface area contributed by atoms with Gasteiger partial charge in [-0.3, -0.25) is 0 Å². The Hall–Kier alpha value is -0.390. The predicted octanol–water partition coefficient (Wildman–Crippen LogP) is 1.58. The van der Waals surface area contributed by atoms with Crippen LogP contribution in [0.4, 0.5) is 0 Å². The fourth-order valence-corrected chi connectivity index (χ4v) is 2.51. The van der Waals surface area contributed by atoms with Gasteiger partial charge in [0.1, 0.15) is 0 Å². The van der Waals surface area contributed by atoms with Crippen molar-refractivity contribution >= 4 is 25.8 Å². The Labute approximate surface area is 84.8 Å². The van der Waals surface area contributed by atoms with Gasteiger partial charge >= 0.3 is 0 Å². The van der Waals surface area contributed by atoms with E-state index in [1.54, 1.807) is 24.3 Å². The molecule has 0 N–H and O–H groups in total. The minimum atomic E-state index is -3.23. The Morgan fingerprint density at radius 3 is 2.31 bits per heavy atom. The van der Waals surface area contributed by atoms with Gasteiger partial charge in [0, 0.05) is 4.47 Å². The molecule has 1 heterocycles. The van der Waals surface area contributed by atoms with Crippen LogP contribution >= 0.6 is 15.9 Å². The zero-order chi connectivity index (χ0) is 9.47. The van der Waals surface area contributed by atoms with E-state index in [-0.39, 0.29) is 0 Å². The summed E-state index contributed by atoms with van der Waals surface area (Å²) in [5.74, 6) is 0. The second kappa shape index (κ2) is 3.08. The van der Waals surface area contributed by atoms with Crippen LogP contribution in [0.5, 0.6) is 0 Å². The third-order valence-electron chi connectivity index (χ3n) is 1.79. The van der Waals surface area contributed by atoms with Crippen molar-refractivity contribution in [1.29, 1.82) is 0 Å². The van der Waals surface area contributed by atoms with Crippen molar-refractivity contribution in [2.45, 2.75) is 10.3 Å². The Morgan fingerprint density at radius 2 is 1.85 bits per heavy atom. The molecule has 1 aromatic rings. The van der Waals surface area contributed by atoms with Gasteiger partial charge in [-0.05, 0) is 24.3 Å². The van der Waals surface area contributed by atoms with Crippen molar-refractivity contribution in [2.75, 3.05) is 6.61 Å². The van der Waals surface area contributed by atoms with Crippen LogP contribution in [0.1, 0.15) is 0 Å². The smallest absolute Gasteiger partial charge is 0.207 e. The van der Waals surface area contributed by atoms with Gasteiger partial charge in [0.05, 0.1) is 11.5 Å². The molecule has 0 aromatic heterocycles. The van der Waals surface area contributed by atoms with Crippen LogP contribution in [-0.2, 0) is 14.6 Å². The van der Waals surface area contributed by atoms with Crippen LogP contribution in [0, 0.1) is 0 Å². The van der Waals surface area contributed by atoms with Crippen LogP contribution in [-0.4, -0.2) is 20.5 Å². The van der Waals surface area contributed by atoms with E-state index in [1.165, 1.54) is 0 Å². The molecule has 1 saturated heterocycles. The molecular weight excluding hydrogens is 256 g/mol. The quantitative estimate of drug-likeness (QED) is 0.761. The maximum Gasteiger partial charge on any atom is 0.207 e. The van der Waals surface area contributed by atoms with Gasteiger partial charge in [0.15, 0.2) is 5.44 Å². The highest BCUT2D eigenvalue weighted by Gasteiger charge is 2.38. The maximum atomic E-state index is 11.6. The van der Waals surface area contributed by atoms with Gasteiger partial charge in [-0.15, -0.1) is 0 Å². The molecule has 1 aliphatic heterocycles. The fraction of sp³-hybridized carbons (Fsp3) is 0.250. The number of ether oxygens (including phenoxy) is 1. The number of hydrogen-bond donors (Lipinski definition) is 0. The SMILES string of the molecule is O=S(=O)(c1ccc(Br)cc1)C1CO1. The van der Waals surface area contributed by atoms with Crippen molar-refractivity contribution in [3.8, 4) is 0 Å². The summed E-state index contributed by atoms with van der Waals surface area (Å²) in [6.07, 6.45) is 0. The third kappa shape index (κ3) is 1.77. The molecule has 13 heavy (non-hydrogen) atoms. The van der Waals surface area contributed by atoms with Crippen molar-refractivity contribution in [1.82, 2.24) is 0 Å². The lowest BCUT2D eigenvalue weighted by Crippen LogP contribution is -2.07. The number of sulfone groups is 1. The summed E-state index contributed by atoms with van der Waals surface area (Å²) in [6, 6.07) is 6.55. The topological polar surface area (TPSA) is 46.7 Å². The molecule has 1 atom stereocenters. The molecule has 2 rings (SSSR count). The first-order chi connectivity index (χ1) is 6.10. The average molecular weight is 263 g/mol. The van der Waals surface area contributed by atoms with Crippen LogP contribution in [0.2, 0.25) is 0 Å². The predicted molar refractivity (Wildman–Crippen MR) is 51.1 cm³/mol. The van der Waals surface area contributed by atoms with Gasteiger partial charge in [-0.2, -0.15) is 0 Å². The fourth-order valence-electron chi connectivity index (χ4n) is 0.994. The minimum absolute atomic E-state index is 0.318. The molecule has 0 amide bonds. The molecule has 3 nitrogen and oxygen atoms in total. The molecular formula is C8H7BrO3S. The van der Waals surface area contributed by atoms with Gasteiger partial charge < -0.3 is 4.74 Å². The van der Waals surface area contributed by atoms with Crippen molar-refractivity contribution in [3.63, 3.8) is 0 Å². The normalized spacial score (nSPS) is 21.5. The van der Waals surface area contributed by atoms with E-state index in [0.717, 1.165) is 4.47 Å². The van der Waals surface area contributed by atoms with Crippen LogP contribution in [0.15, 0.2) is 33.6 Å². The van der Waals surface area contributed by atoms with Crippen LogP contribution < -0.4 is 0 Å². The summed E-state index contributed by atoms with van der Waals surface area (Å²) in [5, 5.41) is 0. The van der Waals surface area contributed by atoms with E-state index in [9.17, 15) is 8.42 Å². The zero-order valence-electron chi connectivity index (χ0n) is 6.60. The monoisotopic (exact) mass is 262 g/mol. The molecule has 0 spiro atoms. The van der Waals surface area contributed by atoms with Crippen LogP contribution in [0.25, 0.3) is 0 Å². The van der Waals surface area contributed by atoms with Gasteiger partial charge in [0.25, 0.3) is 0 Å². The van der Waals surface area contributed by atoms with Gasteiger partial charge in [-0.25, -0.2) is 8.42 Å². The summed E-state index contributed by atoms with van der Waals surface area (Å²) in [7, 11) is -3.23. The molecule has 1 fully saturated rings. The Bertz CT molecular complexity index is 406. The molecule has 1 unspecified atom stereocenters. The van der Waals surface area contributed by atoms with E-state index in [0.29, 0.717) is 11.5 Å². The zero-order valence-corrected chi connectivity index (χ0v) is 9.01. The lowest BCUT2D eigenvalue weighted by molar-refractivity contribution is 0.445. The number of halogens is 1. The maximum absolute atomic E-state index is 11.6. The highest BCUT2D eigenvalue weighted by atomic mass is 79.9. The van der Waals surface area contributed by atoms with Gasteiger partial charge in [0.2, 0.25) is 9.84 Å². The Kier molecular flexibility index (Phi) is 2.17. The first-order valence-corrected chi connectivity index (χ1v) is 6.06. The molecule has 1 aromatic carbocycles. The second-order valence-electron chi connectivity index (χ2n) is 2.76. The highest BCUT2D eigenvalue weighted by molar-refractivity contribution is 9.10. The minimum Gasteiger partial charge on any atom is -0.356 e. The molecule has 0 radical (unpaired) electrons. The lowest BCUT2D eigenvalue weighted by Gasteiger charge is -1.99. The first-order valence-electron chi connectivity index (χ1n) is 3.72. The van der Waals surface area contributed by atoms with Gasteiger partial charge in [-0.1, -0.05) is 15.9 Å². The van der Waals surface area contributed by atoms with Crippen molar-refractivity contribution in [2.24, 2.45) is 0 Å². The standard InChI is InChI=1S/C8H7BrO3S/c9-6-1-3-7(4-2-6)13(10,11)8-5-12-8/h1-4,8H,5H2. The highest BCUT2D eigenvalue weighted by Crippen LogP contribution is 2.25. The van der Waals surface area contributed by atoms with E-state index in [1.807, 2.05) is 0 Å². The lowest BCUT2D eigenvalue weighted by atomic mass is 10.4. The first kappa shape index (κ1) is 9.18. The van der Waals surface area contributed by atoms with E-state index < -0.39 is 15.3 Å². The summed E-state index contributed by atoms with van der Waals surface area (Å²) in [6.45, 7) is 0.318. The summed E-state index contributed by atoms with van der Waals surface area (Å²) < 4.78 is 28.8. The largest absolute Gasteiger partial charge is 0.356 e. The molecule has 0 saturated carbocycles. The molecule has 70 valence electrons. The van der Waals surface area contributed by atoms with Crippen molar-refractivity contribution < 1.29 is 13.2 Å². The van der Waals surface area contributed by atoms with E-state index in [2.05, 4.69) is 15.9 Å². The molecule has 0 aliphatic carbocycles. The number of hydrogen-bond acceptors (Lipinski definition) is 3. The molecule has 0 bridgehead atoms. The molecule has 1 aliphatic rings. The number of epoxide rings is 1. The Morgan fingerprint density at radius 1 is 1.31 bits per heavy atom. The number of benzene rings is 1. The van der Waals surface area contributed by atoms with Crippen LogP contribution in [0.3, 0.4) is 0 Å². The summed E-state index contributed by atoms with van der Waals surface area (Å²) in [5.41, 5.74) is -0.617. The second-order valence-corrected chi connectivity index (χ2v) is 5.76. The number of rotatable bonds is 2. The van der Waals surface area contributed by atoms with E-state index in [4.69, 9.17) is 4.74 Å². The Balaban J connectivity index is 2.40. The van der Waals surface area contributed by atoms with E-state index >= 15 is 0 Å². The summed E-state index contributed by atoms with van der Waals surface area (Å²) in [4.78, 5) is 0.318. The van der Waals surface area contributed by atoms with Crippen molar-refractivity contribution in [3.05, 3.63) is 28.7 Å². The average Bonchev–Trinajstić information content (AvgIpc) is 2.87. The summed E-state index contributed by atoms with van der Waals surface area (Å²) >= 11 is 3.24.